The third-order valence-corrected chi connectivity index (χ3v) is 4.08. The number of carbonyl (C=O) groups excluding carboxylic acids is 1. The Labute approximate surface area is 143 Å². The van der Waals surface area contributed by atoms with Gasteiger partial charge in [-0.05, 0) is 19.2 Å². The number of amides is 1. The Hall–Kier alpha value is -1.56. The van der Waals surface area contributed by atoms with Gasteiger partial charge >= 0.3 is 0 Å². The van der Waals surface area contributed by atoms with E-state index >= 15 is 0 Å². The van der Waals surface area contributed by atoms with Crippen LogP contribution >= 0.6 is 12.4 Å². The maximum absolute atomic E-state index is 12.1. The summed E-state index contributed by atoms with van der Waals surface area (Å²) >= 11 is 0. The number of rotatable bonds is 5. The minimum Gasteiger partial charge on any atom is -0.460 e. The molecule has 1 amide bonds. The van der Waals surface area contributed by atoms with Crippen LogP contribution in [0.4, 0.5) is 0 Å². The van der Waals surface area contributed by atoms with E-state index in [1.807, 2.05) is 30.1 Å². The van der Waals surface area contributed by atoms with E-state index in [2.05, 4.69) is 22.3 Å². The quantitative estimate of drug-likeness (QED) is 0.908. The first-order chi connectivity index (χ1) is 10.7. The highest BCUT2D eigenvalue weighted by Crippen LogP contribution is 2.19. The van der Waals surface area contributed by atoms with Crippen molar-refractivity contribution >= 4 is 29.3 Å². The maximum atomic E-state index is 12.1. The summed E-state index contributed by atoms with van der Waals surface area (Å²) in [5, 5.41) is 4.39. The van der Waals surface area contributed by atoms with Crippen molar-refractivity contribution in [2.75, 3.05) is 39.8 Å². The smallest absolute Gasteiger partial charge is 0.223 e. The molecule has 6 heteroatoms. The van der Waals surface area contributed by atoms with E-state index in [-0.39, 0.29) is 18.3 Å². The first-order valence-electron chi connectivity index (χ1n) is 7.87. The zero-order valence-electron chi connectivity index (χ0n) is 13.5. The lowest BCUT2D eigenvalue weighted by Gasteiger charge is -2.28. The number of benzene rings is 1. The van der Waals surface area contributed by atoms with Gasteiger partial charge in [-0.1, -0.05) is 18.2 Å². The monoisotopic (exact) mass is 337 g/mol. The van der Waals surface area contributed by atoms with Crippen LogP contribution in [0.25, 0.3) is 11.0 Å². The zero-order valence-corrected chi connectivity index (χ0v) is 14.3. The van der Waals surface area contributed by atoms with E-state index in [0.29, 0.717) is 6.42 Å². The average molecular weight is 338 g/mol. The fourth-order valence-corrected chi connectivity index (χ4v) is 2.82. The Balaban J connectivity index is 0.00000192. The Morgan fingerprint density at radius 2 is 2.04 bits per heavy atom. The second-order valence-corrected chi connectivity index (χ2v) is 5.87. The number of fused-ring (bicyclic) bond motifs is 1. The van der Waals surface area contributed by atoms with Gasteiger partial charge in [0.25, 0.3) is 0 Å². The number of halogens is 1. The Kier molecular flexibility index (Phi) is 6.45. The standard InChI is InChI=1S/C17H23N3O2.ClH/c1-19(9-6-17(21)20-10-7-18-8-11-20)13-15-12-14-4-2-3-5-16(14)22-15;/h2-5,12,18H,6-11,13H2,1H3;1H. The van der Waals surface area contributed by atoms with Gasteiger partial charge in [0.15, 0.2) is 0 Å². The molecule has 0 aliphatic carbocycles. The molecule has 0 unspecified atom stereocenters. The van der Waals surface area contributed by atoms with Crippen LogP contribution in [0.15, 0.2) is 34.7 Å². The first-order valence-corrected chi connectivity index (χ1v) is 7.87. The highest BCUT2D eigenvalue weighted by molar-refractivity contribution is 5.85. The number of para-hydroxylation sites is 1. The molecule has 2 aromatic rings. The highest BCUT2D eigenvalue weighted by atomic mass is 35.5. The minimum absolute atomic E-state index is 0. The number of piperazine rings is 1. The topological polar surface area (TPSA) is 48.7 Å². The Bertz CT molecular complexity index is 605. The van der Waals surface area contributed by atoms with Crippen LogP contribution in [-0.4, -0.2) is 55.5 Å². The van der Waals surface area contributed by atoms with Crippen molar-refractivity contribution in [1.82, 2.24) is 15.1 Å². The van der Waals surface area contributed by atoms with E-state index in [9.17, 15) is 4.79 Å². The average Bonchev–Trinajstić information content (AvgIpc) is 2.95. The number of hydrogen-bond acceptors (Lipinski definition) is 4. The van der Waals surface area contributed by atoms with Gasteiger partial charge < -0.3 is 14.6 Å². The Morgan fingerprint density at radius 1 is 1.30 bits per heavy atom. The molecule has 1 saturated heterocycles. The predicted octanol–water partition coefficient (Wildman–Crippen LogP) is 2.11. The first kappa shape index (κ1) is 17.8. The molecule has 23 heavy (non-hydrogen) atoms. The van der Waals surface area contributed by atoms with Crippen molar-refractivity contribution in [2.45, 2.75) is 13.0 Å². The van der Waals surface area contributed by atoms with Crippen LogP contribution in [0.5, 0.6) is 0 Å². The molecule has 0 bridgehead atoms. The van der Waals surface area contributed by atoms with Crippen molar-refractivity contribution in [3.63, 3.8) is 0 Å². The summed E-state index contributed by atoms with van der Waals surface area (Å²) in [5.41, 5.74) is 0.919. The molecule has 1 aromatic heterocycles. The number of nitrogens with one attached hydrogen (secondary N) is 1. The Morgan fingerprint density at radius 3 is 2.78 bits per heavy atom. The molecule has 1 N–H and O–H groups in total. The SMILES string of the molecule is CN(CCC(=O)N1CCNCC1)Cc1cc2ccccc2o1.Cl. The van der Waals surface area contributed by atoms with E-state index in [4.69, 9.17) is 4.42 Å². The second-order valence-electron chi connectivity index (χ2n) is 5.87. The lowest BCUT2D eigenvalue weighted by atomic mass is 10.2. The summed E-state index contributed by atoms with van der Waals surface area (Å²) < 4.78 is 5.82. The summed E-state index contributed by atoms with van der Waals surface area (Å²) in [6, 6.07) is 10.1. The summed E-state index contributed by atoms with van der Waals surface area (Å²) in [4.78, 5) is 16.2. The van der Waals surface area contributed by atoms with Crippen LogP contribution in [0.1, 0.15) is 12.2 Å². The van der Waals surface area contributed by atoms with Crippen LogP contribution < -0.4 is 5.32 Å². The van der Waals surface area contributed by atoms with Gasteiger partial charge in [0.2, 0.25) is 5.91 Å². The zero-order chi connectivity index (χ0) is 15.4. The van der Waals surface area contributed by atoms with Gasteiger partial charge in [0.05, 0.1) is 6.54 Å². The highest BCUT2D eigenvalue weighted by Gasteiger charge is 2.16. The van der Waals surface area contributed by atoms with E-state index in [0.717, 1.165) is 56.0 Å². The molecule has 1 aliphatic rings. The van der Waals surface area contributed by atoms with Crippen LogP contribution in [0, 0.1) is 0 Å². The number of carbonyl (C=O) groups is 1. The largest absolute Gasteiger partial charge is 0.460 e. The van der Waals surface area contributed by atoms with Crippen molar-refractivity contribution in [3.05, 3.63) is 36.1 Å². The summed E-state index contributed by atoms with van der Waals surface area (Å²) in [7, 11) is 2.03. The van der Waals surface area contributed by atoms with Crippen LogP contribution in [0.2, 0.25) is 0 Å². The molecule has 0 atom stereocenters. The van der Waals surface area contributed by atoms with Gasteiger partial charge in [0.1, 0.15) is 11.3 Å². The summed E-state index contributed by atoms with van der Waals surface area (Å²) in [6.07, 6.45) is 0.566. The van der Waals surface area contributed by atoms with Gasteiger partial charge in [-0.15, -0.1) is 12.4 Å². The maximum Gasteiger partial charge on any atom is 0.223 e. The normalized spacial score (nSPS) is 15.0. The van der Waals surface area contributed by atoms with E-state index in [1.165, 1.54) is 0 Å². The molecular weight excluding hydrogens is 314 g/mol. The number of nitrogens with zero attached hydrogens (tertiary/aromatic N) is 2. The minimum atomic E-state index is 0. The number of hydrogen-bond donors (Lipinski definition) is 1. The lowest BCUT2D eigenvalue weighted by Crippen LogP contribution is -2.47. The molecule has 1 aromatic carbocycles. The third kappa shape index (κ3) is 4.70. The third-order valence-electron chi connectivity index (χ3n) is 4.08. The fraction of sp³-hybridized carbons (Fsp3) is 0.471. The van der Waals surface area contributed by atoms with Gasteiger partial charge in [0, 0.05) is 44.5 Å². The van der Waals surface area contributed by atoms with Crippen LogP contribution in [-0.2, 0) is 11.3 Å². The molecule has 5 nitrogen and oxygen atoms in total. The summed E-state index contributed by atoms with van der Waals surface area (Å²) in [6.45, 7) is 4.93. The summed E-state index contributed by atoms with van der Waals surface area (Å²) in [5.74, 6) is 1.19. The van der Waals surface area contributed by atoms with Gasteiger partial charge in [-0.25, -0.2) is 0 Å². The number of furan rings is 1. The molecule has 1 aliphatic heterocycles. The van der Waals surface area contributed by atoms with Gasteiger partial charge in [-0.2, -0.15) is 0 Å². The lowest BCUT2D eigenvalue weighted by molar-refractivity contribution is -0.132. The van der Waals surface area contributed by atoms with Gasteiger partial charge in [-0.3, -0.25) is 9.69 Å². The molecule has 0 radical (unpaired) electrons. The van der Waals surface area contributed by atoms with Crippen molar-refractivity contribution in [2.24, 2.45) is 0 Å². The molecule has 0 saturated carbocycles. The van der Waals surface area contributed by atoms with Crippen LogP contribution in [0.3, 0.4) is 0 Å². The fourth-order valence-electron chi connectivity index (χ4n) is 2.82. The molecule has 126 valence electrons. The second kappa shape index (κ2) is 8.34. The molecule has 3 rings (SSSR count). The molecule has 2 heterocycles. The van der Waals surface area contributed by atoms with Crippen molar-refractivity contribution in [1.29, 1.82) is 0 Å². The molecular formula is C17H24ClN3O2. The van der Waals surface area contributed by atoms with E-state index < -0.39 is 0 Å². The van der Waals surface area contributed by atoms with Crippen molar-refractivity contribution in [3.8, 4) is 0 Å². The molecule has 1 fully saturated rings. The van der Waals surface area contributed by atoms with E-state index in [1.54, 1.807) is 0 Å². The predicted molar refractivity (Wildman–Crippen MR) is 93.9 cm³/mol. The molecule has 0 spiro atoms. The van der Waals surface area contributed by atoms with Crippen molar-refractivity contribution < 1.29 is 9.21 Å².